The molecule has 2 aromatic carbocycles. The third-order valence-corrected chi connectivity index (χ3v) is 7.13. The first-order valence-corrected chi connectivity index (χ1v) is 11.3. The lowest BCUT2D eigenvalue weighted by Crippen LogP contribution is -2.16. The van der Waals surface area contributed by atoms with Gasteiger partial charge in [-0.3, -0.25) is 4.72 Å². The van der Waals surface area contributed by atoms with Gasteiger partial charge in [0.1, 0.15) is 0 Å². The number of nitrogens with zero attached hydrogens (tertiary/aromatic N) is 1. The standard InChI is InChI=1S/C21H17FN2O3S2/c22-21-8-7-19(28-21)17-6-1-13(11-23)9-18(17)24-29(26,27)20-10-14(12-25)2-5-16(20)15-3-4-15/h1-2,5-10,15,24-25H,3-4,12H2. The monoisotopic (exact) mass is 428 g/mol. The lowest BCUT2D eigenvalue weighted by atomic mass is 10.1. The van der Waals surface area contributed by atoms with Gasteiger partial charge >= 0.3 is 0 Å². The Balaban J connectivity index is 1.80. The van der Waals surface area contributed by atoms with Crippen LogP contribution in [0.5, 0.6) is 0 Å². The lowest BCUT2D eigenvalue weighted by Gasteiger charge is -2.15. The fourth-order valence-electron chi connectivity index (χ4n) is 3.21. The molecular weight excluding hydrogens is 411 g/mol. The smallest absolute Gasteiger partial charge is 0.262 e. The Labute approximate surface area is 172 Å². The van der Waals surface area contributed by atoms with Crippen molar-refractivity contribution in [1.29, 1.82) is 5.26 Å². The molecule has 5 nitrogen and oxygen atoms in total. The first-order chi connectivity index (χ1) is 13.9. The van der Waals surface area contributed by atoms with Gasteiger partial charge in [0.05, 0.1) is 28.8 Å². The summed E-state index contributed by atoms with van der Waals surface area (Å²) in [5.41, 5.74) is 2.21. The maximum Gasteiger partial charge on any atom is 0.262 e. The number of hydrogen-bond acceptors (Lipinski definition) is 5. The molecule has 8 heteroatoms. The topological polar surface area (TPSA) is 90.2 Å². The minimum atomic E-state index is -3.99. The highest BCUT2D eigenvalue weighted by Crippen LogP contribution is 2.44. The number of aliphatic hydroxyl groups excluding tert-OH is 1. The molecule has 0 bridgehead atoms. The van der Waals surface area contributed by atoms with E-state index in [1.807, 2.05) is 6.07 Å². The van der Waals surface area contributed by atoms with Crippen LogP contribution in [0.1, 0.15) is 35.4 Å². The summed E-state index contributed by atoms with van der Waals surface area (Å²) in [5, 5.41) is 18.3. The van der Waals surface area contributed by atoms with Gasteiger partial charge in [0.15, 0.2) is 5.13 Å². The van der Waals surface area contributed by atoms with Crippen LogP contribution in [-0.4, -0.2) is 13.5 Å². The first-order valence-electron chi connectivity index (χ1n) is 8.97. The summed E-state index contributed by atoms with van der Waals surface area (Å²) in [6.45, 7) is -0.267. The second-order valence-electron chi connectivity index (χ2n) is 6.89. The molecule has 1 fully saturated rings. The molecule has 0 saturated heterocycles. The second-order valence-corrected chi connectivity index (χ2v) is 9.57. The highest BCUT2D eigenvalue weighted by Gasteiger charge is 2.31. The zero-order valence-electron chi connectivity index (χ0n) is 15.2. The number of nitriles is 1. The largest absolute Gasteiger partial charge is 0.392 e. The van der Waals surface area contributed by atoms with E-state index >= 15 is 0 Å². The molecule has 0 radical (unpaired) electrons. The van der Waals surface area contributed by atoms with Gasteiger partial charge in [0.25, 0.3) is 10.0 Å². The summed E-state index contributed by atoms with van der Waals surface area (Å²) in [7, 11) is -3.99. The molecule has 0 atom stereocenters. The number of hydrogen-bond donors (Lipinski definition) is 2. The van der Waals surface area contributed by atoms with Crippen LogP contribution >= 0.6 is 11.3 Å². The molecule has 1 aliphatic carbocycles. The molecule has 0 aliphatic heterocycles. The molecule has 1 heterocycles. The normalized spacial score (nSPS) is 13.8. The van der Waals surface area contributed by atoms with Gasteiger partial charge < -0.3 is 5.11 Å². The molecule has 1 aromatic heterocycles. The maximum atomic E-state index is 13.5. The highest BCUT2D eigenvalue weighted by atomic mass is 32.2. The fourth-order valence-corrected chi connectivity index (χ4v) is 5.40. The second kappa shape index (κ2) is 7.59. The summed E-state index contributed by atoms with van der Waals surface area (Å²) in [6, 6.07) is 14.4. The Morgan fingerprint density at radius 1 is 1.17 bits per heavy atom. The van der Waals surface area contributed by atoms with E-state index in [2.05, 4.69) is 4.72 Å². The van der Waals surface area contributed by atoms with E-state index < -0.39 is 10.0 Å². The molecule has 1 aliphatic rings. The number of nitrogens with one attached hydrogen (secondary N) is 1. The van der Waals surface area contributed by atoms with Crippen LogP contribution in [0.25, 0.3) is 10.4 Å². The van der Waals surface area contributed by atoms with Crippen molar-refractivity contribution in [2.24, 2.45) is 0 Å². The zero-order valence-corrected chi connectivity index (χ0v) is 16.9. The molecule has 4 rings (SSSR count). The summed E-state index contributed by atoms with van der Waals surface area (Å²) in [4.78, 5) is 0.674. The Morgan fingerprint density at radius 2 is 1.97 bits per heavy atom. The van der Waals surface area contributed by atoms with Gasteiger partial charge in [0.2, 0.25) is 0 Å². The van der Waals surface area contributed by atoms with Crippen molar-refractivity contribution in [2.75, 3.05) is 4.72 Å². The molecule has 0 unspecified atom stereocenters. The third-order valence-electron chi connectivity index (χ3n) is 4.80. The molecular formula is C21H17FN2O3S2. The number of aliphatic hydroxyl groups is 1. The SMILES string of the molecule is N#Cc1ccc(-c2ccc(F)s2)c(NS(=O)(=O)c2cc(CO)ccc2C2CC2)c1. The van der Waals surface area contributed by atoms with E-state index in [-0.39, 0.29) is 33.8 Å². The van der Waals surface area contributed by atoms with Gasteiger partial charge in [-0.2, -0.15) is 9.65 Å². The molecule has 2 N–H and O–H groups in total. The van der Waals surface area contributed by atoms with E-state index in [1.54, 1.807) is 30.3 Å². The van der Waals surface area contributed by atoms with Crippen molar-refractivity contribution in [3.63, 3.8) is 0 Å². The Bertz CT molecular complexity index is 1220. The van der Waals surface area contributed by atoms with E-state index in [9.17, 15) is 23.2 Å². The summed E-state index contributed by atoms with van der Waals surface area (Å²) in [5.74, 6) is 0.186. The van der Waals surface area contributed by atoms with Crippen molar-refractivity contribution < 1.29 is 17.9 Å². The van der Waals surface area contributed by atoms with Crippen molar-refractivity contribution in [3.05, 3.63) is 70.4 Å². The average Bonchev–Trinajstić information content (AvgIpc) is 3.48. The summed E-state index contributed by atoms with van der Waals surface area (Å²) in [6.07, 6.45) is 1.84. The van der Waals surface area contributed by atoms with Crippen LogP contribution in [0.4, 0.5) is 10.1 Å². The van der Waals surface area contributed by atoms with Crippen LogP contribution in [-0.2, 0) is 16.6 Å². The molecule has 0 spiro atoms. The molecule has 3 aromatic rings. The van der Waals surface area contributed by atoms with Crippen molar-refractivity contribution in [2.45, 2.75) is 30.3 Å². The number of sulfonamides is 1. The van der Waals surface area contributed by atoms with E-state index in [1.165, 1.54) is 18.2 Å². The van der Waals surface area contributed by atoms with Crippen LogP contribution in [0.3, 0.4) is 0 Å². The predicted molar refractivity (Wildman–Crippen MR) is 110 cm³/mol. The van der Waals surface area contributed by atoms with E-state index in [0.717, 1.165) is 29.7 Å². The predicted octanol–water partition coefficient (Wildman–Crippen LogP) is 4.60. The number of halogens is 1. The highest BCUT2D eigenvalue weighted by molar-refractivity contribution is 7.92. The van der Waals surface area contributed by atoms with Gasteiger partial charge in [-0.1, -0.05) is 18.2 Å². The number of anilines is 1. The number of thiophene rings is 1. The summed E-state index contributed by atoms with van der Waals surface area (Å²) < 4.78 is 42.6. The van der Waals surface area contributed by atoms with Gasteiger partial charge in [0, 0.05) is 10.4 Å². The van der Waals surface area contributed by atoms with Crippen molar-refractivity contribution >= 4 is 27.0 Å². The summed E-state index contributed by atoms with van der Waals surface area (Å²) >= 11 is 0.897. The average molecular weight is 429 g/mol. The van der Waals surface area contributed by atoms with E-state index in [4.69, 9.17) is 0 Å². The van der Waals surface area contributed by atoms with E-state index in [0.29, 0.717) is 16.0 Å². The number of rotatable bonds is 6. The van der Waals surface area contributed by atoms with Gasteiger partial charge in [-0.25, -0.2) is 8.42 Å². The van der Waals surface area contributed by atoms with Crippen molar-refractivity contribution in [3.8, 4) is 16.5 Å². The minimum absolute atomic E-state index is 0.122. The van der Waals surface area contributed by atoms with Crippen LogP contribution in [0.2, 0.25) is 0 Å². The molecule has 29 heavy (non-hydrogen) atoms. The number of benzene rings is 2. The molecule has 1 saturated carbocycles. The van der Waals surface area contributed by atoms with Crippen LogP contribution in [0, 0.1) is 16.5 Å². The Hall–Kier alpha value is -2.73. The third kappa shape index (κ3) is 4.03. The molecule has 0 amide bonds. The minimum Gasteiger partial charge on any atom is -0.392 e. The Kier molecular flexibility index (Phi) is 5.13. The zero-order chi connectivity index (χ0) is 20.6. The van der Waals surface area contributed by atoms with Gasteiger partial charge in [-0.15, -0.1) is 11.3 Å². The quantitative estimate of drug-likeness (QED) is 0.601. The first kappa shape index (κ1) is 19.6. The van der Waals surface area contributed by atoms with Gasteiger partial charge in [-0.05, 0) is 60.2 Å². The van der Waals surface area contributed by atoms with Crippen molar-refractivity contribution in [1.82, 2.24) is 0 Å². The lowest BCUT2D eigenvalue weighted by molar-refractivity contribution is 0.281. The maximum absolute atomic E-state index is 13.5. The Morgan fingerprint density at radius 3 is 2.59 bits per heavy atom. The van der Waals surface area contributed by atoms with Crippen LogP contribution in [0.15, 0.2) is 53.4 Å². The fraction of sp³-hybridized carbons (Fsp3) is 0.190. The van der Waals surface area contributed by atoms with Crippen LogP contribution < -0.4 is 4.72 Å². The molecule has 148 valence electrons.